The van der Waals surface area contributed by atoms with Gasteiger partial charge in [0.15, 0.2) is 0 Å². The molecule has 4 heteroatoms. The van der Waals surface area contributed by atoms with Gasteiger partial charge in [-0.05, 0) is 145 Å². The van der Waals surface area contributed by atoms with Crippen LogP contribution in [0.1, 0.15) is 34.7 Å². The van der Waals surface area contributed by atoms with E-state index in [1.807, 2.05) is 0 Å². The van der Waals surface area contributed by atoms with Gasteiger partial charge in [0.05, 0.1) is 0 Å². The Hall–Kier alpha value is -5.94. The van der Waals surface area contributed by atoms with Crippen LogP contribution in [0.3, 0.4) is 0 Å². The number of nitrogens with zero attached hydrogens (tertiary/aromatic N) is 2. The van der Waals surface area contributed by atoms with Crippen LogP contribution in [0.4, 0.5) is 34.1 Å². The Balaban J connectivity index is 1.29. The molecule has 0 amide bonds. The van der Waals surface area contributed by atoms with Gasteiger partial charge in [-0.25, -0.2) is 0 Å². The molecular formula is C48H44N4. The molecule has 0 radical (unpaired) electrons. The quantitative estimate of drug-likeness (QED) is 0.143. The van der Waals surface area contributed by atoms with Gasteiger partial charge in [-0.3, -0.25) is 0 Å². The van der Waals surface area contributed by atoms with Crippen molar-refractivity contribution in [1.82, 2.24) is 0 Å². The van der Waals surface area contributed by atoms with Crippen molar-refractivity contribution in [2.75, 3.05) is 22.9 Å². The predicted octanol–water partition coefficient (Wildman–Crippen LogP) is 11.0. The van der Waals surface area contributed by atoms with Gasteiger partial charge < -0.3 is 21.3 Å². The number of para-hydroxylation sites is 2. The summed E-state index contributed by atoms with van der Waals surface area (Å²) in [6.45, 7) is 3.66. The van der Waals surface area contributed by atoms with Crippen LogP contribution < -0.4 is 21.3 Å². The summed E-state index contributed by atoms with van der Waals surface area (Å²) in [6, 6.07) is 63.9. The van der Waals surface area contributed by atoms with E-state index in [-0.39, 0.29) is 0 Å². The lowest BCUT2D eigenvalue weighted by Crippen LogP contribution is -2.23. The summed E-state index contributed by atoms with van der Waals surface area (Å²) in [5.41, 5.74) is 26.9. The lowest BCUT2D eigenvalue weighted by Gasteiger charge is -2.32. The number of anilines is 6. The lowest BCUT2D eigenvalue weighted by molar-refractivity contribution is 0.714. The molecule has 256 valence electrons. The van der Waals surface area contributed by atoms with E-state index in [0.29, 0.717) is 13.1 Å². The normalized spacial score (nSPS) is 12.6. The molecule has 52 heavy (non-hydrogen) atoms. The Morgan fingerprint density at radius 1 is 0.404 bits per heavy atom. The van der Waals surface area contributed by atoms with Crippen molar-refractivity contribution in [2.24, 2.45) is 11.5 Å². The fraction of sp³-hybridized carbons (Fsp3) is 0.125. The zero-order valence-electron chi connectivity index (χ0n) is 29.6. The number of benzene rings is 7. The summed E-state index contributed by atoms with van der Waals surface area (Å²) in [5, 5.41) is 0. The average Bonchev–Trinajstić information content (AvgIpc) is 3.45. The lowest BCUT2D eigenvalue weighted by atomic mass is 9.74. The van der Waals surface area contributed by atoms with Crippen LogP contribution in [0.5, 0.6) is 0 Å². The Kier molecular flexibility index (Phi) is 9.17. The van der Waals surface area contributed by atoms with E-state index in [4.69, 9.17) is 11.5 Å². The molecule has 0 unspecified atom stereocenters. The van der Waals surface area contributed by atoms with Gasteiger partial charge in [0.1, 0.15) is 0 Å². The van der Waals surface area contributed by atoms with Crippen molar-refractivity contribution in [3.8, 4) is 11.1 Å². The highest BCUT2D eigenvalue weighted by Crippen LogP contribution is 2.55. The minimum atomic E-state index is -0.404. The third-order valence-electron chi connectivity index (χ3n) is 10.5. The van der Waals surface area contributed by atoms with Gasteiger partial charge in [-0.2, -0.15) is 0 Å². The maximum atomic E-state index is 5.89. The van der Waals surface area contributed by atoms with Gasteiger partial charge >= 0.3 is 0 Å². The highest BCUT2D eigenvalue weighted by molar-refractivity contribution is 5.89. The van der Waals surface area contributed by atoms with E-state index in [1.54, 1.807) is 0 Å². The molecule has 0 heterocycles. The number of fused-ring (bicyclic) bond motifs is 3. The van der Waals surface area contributed by atoms with Crippen molar-refractivity contribution in [3.05, 3.63) is 204 Å². The van der Waals surface area contributed by atoms with Gasteiger partial charge in [0, 0.05) is 39.5 Å². The molecular weight excluding hydrogens is 633 g/mol. The van der Waals surface area contributed by atoms with E-state index in [0.717, 1.165) is 47.0 Å². The highest BCUT2D eigenvalue weighted by atomic mass is 15.1. The van der Waals surface area contributed by atoms with Crippen molar-refractivity contribution >= 4 is 34.1 Å². The van der Waals surface area contributed by atoms with Crippen molar-refractivity contribution in [2.45, 2.75) is 25.2 Å². The van der Waals surface area contributed by atoms with Crippen LogP contribution in [-0.4, -0.2) is 13.1 Å². The Morgan fingerprint density at radius 3 is 1.13 bits per heavy atom. The third-order valence-corrected chi connectivity index (χ3v) is 10.5. The van der Waals surface area contributed by atoms with Crippen LogP contribution >= 0.6 is 0 Å². The molecule has 7 aromatic rings. The summed E-state index contributed by atoms with van der Waals surface area (Å²) in [7, 11) is 0. The fourth-order valence-corrected chi connectivity index (χ4v) is 7.87. The summed E-state index contributed by atoms with van der Waals surface area (Å²) in [5.74, 6) is 0. The molecule has 7 aromatic carbocycles. The van der Waals surface area contributed by atoms with E-state index in [9.17, 15) is 0 Å². The molecule has 0 aliphatic heterocycles. The minimum absolute atomic E-state index is 0.404. The molecule has 0 saturated carbocycles. The zero-order valence-corrected chi connectivity index (χ0v) is 29.6. The first-order valence-corrected chi connectivity index (χ1v) is 18.2. The van der Waals surface area contributed by atoms with E-state index in [1.165, 1.54) is 38.9 Å². The maximum absolute atomic E-state index is 5.89. The first-order chi connectivity index (χ1) is 25.6. The van der Waals surface area contributed by atoms with Crippen LogP contribution in [0.15, 0.2) is 176 Å². The second-order valence-electron chi connectivity index (χ2n) is 13.7. The summed E-state index contributed by atoms with van der Waals surface area (Å²) < 4.78 is 0. The molecule has 1 aliphatic rings. The molecule has 0 atom stereocenters. The smallest absolute Gasteiger partial charge is 0.0465 e. The molecule has 0 saturated heterocycles. The number of hydrogen-bond donors (Lipinski definition) is 2. The standard InChI is InChI=1S/C48H44N4/c1-48(37-11-5-2-6-12-37)46-33-42(51(38-13-7-3-8-14-38)40-21-17-35(18-22-40)29-31-49)25-27-44(46)45-28-26-43(34-47(45)48)52(39-15-9-4-10-16-39)41-23-19-36(20-24-41)30-32-50/h2-28,33-34H,29-32,49-50H2,1H3. The van der Waals surface area contributed by atoms with Crippen molar-refractivity contribution in [3.63, 3.8) is 0 Å². The van der Waals surface area contributed by atoms with Crippen molar-refractivity contribution in [1.29, 1.82) is 0 Å². The number of rotatable bonds is 11. The van der Waals surface area contributed by atoms with Gasteiger partial charge in [0.2, 0.25) is 0 Å². The molecule has 4 nitrogen and oxygen atoms in total. The van der Waals surface area contributed by atoms with Gasteiger partial charge in [-0.15, -0.1) is 0 Å². The van der Waals surface area contributed by atoms with Crippen LogP contribution in [-0.2, 0) is 18.3 Å². The number of nitrogens with two attached hydrogens (primary N) is 2. The Morgan fingerprint density at radius 2 is 0.750 bits per heavy atom. The van der Waals surface area contributed by atoms with Crippen molar-refractivity contribution < 1.29 is 0 Å². The van der Waals surface area contributed by atoms with E-state index >= 15 is 0 Å². The topological polar surface area (TPSA) is 58.5 Å². The molecule has 0 aromatic heterocycles. The Labute approximate surface area is 307 Å². The summed E-state index contributed by atoms with van der Waals surface area (Å²) >= 11 is 0. The van der Waals surface area contributed by atoms with Crippen LogP contribution in [0.2, 0.25) is 0 Å². The molecule has 0 fully saturated rings. The van der Waals surface area contributed by atoms with Gasteiger partial charge in [-0.1, -0.05) is 103 Å². The van der Waals surface area contributed by atoms with Gasteiger partial charge in [0.25, 0.3) is 0 Å². The highest BCUT2D eigenvalue weighted by Gasteiger charge is 2.41. The monoisotopic (exact) mass is 676 g/mol. The van der Waals surface area contributed by atoms with E-state index < -0.39 is 5.41 Å². The third kappa shape index (κ3) is 6.06. The van der Waals surface area contributed by atoms with Crippen LogP contribution in [0.25, 0.3) is 11.1 Å². The predicted molar refractivity (Wildman–Crippen MR) is 219 cm³/mol. The average molecular weight is 677 g/mol. The summed E-state index contributed by atoms with van der Waals surface area (Å²) in [4.78, 5) is 4.72. The molecule has 8 rings (SSSR count). The maximum Gasteiger partial charge on any atom is 0.0465 e. The minimum Gasteiger partial charge on any atom is -0.330 e. The fourth-order valence-electron chi connectivity index (χ4n) is 7.87. The first-order valence-electron chi connectivity index (χ1n) is 18.2. The number of hydrogen-bond acceptors (Lipinski definition) is 4. The first kappa shape index (κ1) is 33.2. The Bertz CT molecular complexity index is 2120. The SMILES string of the molecule is CC1(c2ccccc2)c2cc(N(c3ccccc3)c3ccc(CCN)cc3)ccc2-c2ccc(N(c3ccccc3)c3ccc(CCN)cc3)cc21. The zero-order chi connectivity index (χ0) is 35.5. The second-order valence-corrected chi connectivity index (χ2v) is 13.7. The molecule has 0 bridgehead atoms. The summed E-state index contributed by atoms with van der Waals surface area (Å²) in [6.07, 6.45) is 1.73. The van der Waals surface area contributed by atoms with Crippen LogP contribution in [0, 0.1) is 0 Å². The van der Waals surface area contributed by atoms with E-state index in [2.05, 4.69) is 193 Å². The molecule has 1 aliphatic carbocycles. The molecule has 0 spiro atoms. The molecule has 4 N–H and O–H groups in total. The second kappa shape index (κ2) is 14.4. The largest absolute Gasteiger partial charge is 0.330 e.